The van der Waals surface area contributed by atoms with Crippen LogP contribution in [0.4, 0.5) is 5.69 Å². The molecule has 1 aromatic rings. The molecule has 2 rings (SSSR count). The van der Waals surface area contributed by atoms with Crippen molar-refractivity contribution in [3.05, 3.63) is 29.8 Å². The zero-order valence-corrected chi connectivity index (χ0v) is 13.6. The monoisotopic (exact) mass is 288 g/mol. The molecule has 4 nitrogen and oxygen atoms in total. The smallest absolute Gasteiger partial charge is 0.198 e. The first-order chi connectivity index (χ1) is 10.3. The highest BCUT2D eigenvalue weighted by Gasteiger charge is 2.22. The average Bonchev–Trinajstić information content (AvgIpc) is 2.94. The number of hydrogen-bond donors (Lipinski definition) is 1. The van der Waals surface area contributed by atoms with E-state index in [-0.39, 0.29) is 0 Å². The van der Waals surface area contributed by atoms with Crippen LogP contribution in [0.15, 0.2) is 29.3 Å². The summed E-state index contributed by atoms with van der Waals surface area (Å²) in [5.74, 6) is 1.02. The largest absolute Gasteiger partial charge is 0.356 e. The molecule has 0 atom stereocenters. The van der Waals surface area contributed by atoms with Gasteiger partial charge < -0.3 is 15.1 Å². The fourth-order valence-corrected chi connectivity index (χ4v) is 2.79. The second kappa shape index (κ2) is 8.03. The molecule has 0 radical (unpaired) electrons. The molecular formula is C17H28N4. The molecular weight excluding hydrogens is 260 g/mol. The average molecular weight is 288 g/mol. The van der Waals surface area contributed by atoms with Crippen molar-refractivity contribution in [2.75, 3.05) is 44.2 Å². The third-order valence-electron chi connectivity index (χ3n) is 4.05. The maximum absolute atomic E-state index is 4.82. The van der Waals surface area contributed by atoms with Crippen LogP contribution in [0.5, 0.6) is 0 Å². The van der Waals surface area contributed by atoms with Gasteiger partial charge in [0.05, 0.1) is 6.54 Å². The van der Waals surface area contributed by atoms with Crippen LogP contribution in [0.2, 0.25) is 0 Å². The quantitative estimate of drug-likeness (QED) is 0.644. The van der Waals surface area contributed by atoms with Crippen LogP contribution >= 0.6 is 0 Å². The molecule has 0 aliphatic carbocycles. The molecule has 116 valence electrons. The van der Waals surface area contributed by atoms with Gasteiger partial charge in [-0.2, -0.15) is 0 Å². The second-order valence-electron chi connectivity index (χ2n) is 5.29. The van der Waals surface area contributed by atoms with Crippen molar-refractivity contribution in [2.45, 2.75) is 27.2 Å². The van der Waals surface area contributed by atoms with Gasteiger partial charge in [0.15, 0.2) is 5.96 Å². The van der Waals surface area contributed by atoms with E-state index in [1.165, 1.54) is 11.3 Å². The van der Waals surface area contributed by atoms with Gasteiger partial charge in [0, 0.05) is 25.3 Å². The lowest BCUT2D eigenvalue weighted by molar-refractivity contribution is 0.313. The molecule has 0 saturated carbocycles. The molecule has 4 heteroatoms. The Kier molecular flexibility index (Phi) is 6.05. The molecule has 21 heavy (non-hydrogen) atoms. The van der Waals surface area contributed by atoms with E-state index in [2.05, 4.69) is 60.2 Å². The van der Waals surface area contributed by atoms with Crippen LogP contribution in [0.25, 0.3) is 0 Å². The van der Waals surface area contributed by atoms with Gasteiger partial charge in [-0.1, -0.05) is 32.0 Å². The Morgan fingerprint density at radius 3 is 2.71 bits per heavy atom. The molecule has 0 unspecified atom stereocenters. The normalized spacial score (nSPS) is 14.7. The van der Waals surface area contributed by atoms with Crippen molar-refractivity contribution in [3.8, 4) is 0 Å². The van der Waals surface area contributed by atoms with E-state index in [0.29, 0.717) is 0 Å². The summed E-state index contributed by atoms with van der Waals surface area (Å²) in [7, 11) is 0. The number of nitrogens with zero attached hydrogens (tertiary/aromatic N) is 3. The lowest BCUT2D eigenvalue weighted by Gasteiger charge is -2.23. The SMILES string of the molecule is CCNC(=NCCN(CC)CC)N1CCc2ccccc21. The predicted octanol–water partition coefficient (Wildman–Crippen LogP) is 2.36. The molecule has 0 spiro atoms. The third kappa shape index (κ3) is 3.97. The molecule has 1 heterocycles. The first kappa shape index (κ1) is 15.8. The first-order valence-electron chi connectivity index (χ1n) is 8.16. The van der Waals surface area contributed by atoms with Crippen LogP contribution in [-0.2, 0) is 6.42 Å². The minimum absolute atomic E-state index is 0.850. The molecule has 0 aromatic heterocycles. The summed E-state index contributed by atoms with van der Waals surface area (Å²) in [5, 5.41) is 3.43. The number of fused-ring (bicyclic) bond motifs is 1. The van der Waals surface area contributed by atoms with Gasteiger partial charge in [-0.3, -0.25) is 4.99 Å². The standard InChI is InChI=1S/C17H28N4/c1-4-18-17(19-12-14-20(5-2)6-3)21-13-11-15-9-7-8-10-16(15)21/h7-10H,4-6,11-14H2,1-3H3,(H,18,19). The summed E-state index contributed by atoms with van der Waals surface area (Å²) in [6.45, 7) is 12.5. The van der Waals surface area contributed by atoms with Crippen molar-refractivity contribution in [3.63, 3.8) is 0 Å². The summed E-state index contributed by atoms with van der Waals surface area (Å²) < 4.78 is 0. The lowest BCUT2D eigenvalue weighted by atomic mass is 10.2. The van der Waals surface area contributed by atoms with Crippen LogP contribution in [0, 0.1) is 0 Å². The Hall–Kier alpha value is -1.55. The number of rotatable bonds is 6. The predicted molar refractivity (Wildman–Crippen MR) is 91.3 cm³/mol. The Labute approximate surface area is 128 Å². The molecule has 1 aromatic carbocycles. The maximum atomic E-state index is 4.82. The van der Waals surface area contributed by atoms with Gasteiger partial charge in [-0.05, 0) is 38.1 Å². The van der Waals surface area contributed by atoms with E-state index in [4.69, 9.17) is 4.99 Å². The summed E-state index contributed by atoms with van der Waals surface area (Å²) in [6.07, 6.45) is 1.11. The highest BCUT2D eigenvalue weighted by Crippen LogP contribution is 2.27. The van der Waals surface area contributed by atoms with Crippen LogP contribution in [-0.4, -0.2) is 50.1 Å². The number of nitrogens with one attached hydrogen (secondary N) is 1. The Bertz CT molecular complexity index is 466. The van der Waals surface area contributed by atoms with Gasteiger partial charge in [0.1, 0.15) is 0 Å². The zero-order chi connectivity index (χ0) is 15.1. The molecule has 0 saturated heterocycles. The van der Waals surface area contributed by atoms with E-state index in [0.717, 1.165) is 51.6 Å². The number of para-hydroxylation sites is 1. The molecule has 1 N–H and O–H groups in total. The number of benzene rings is 1. The summed E-state index contributed by atoms with van der Waals surface area (Å²) in [4.78, 5) is 9.55. The number of aliphatic imine (C=N–C) groups is 1. The van der Waals surface area contributed by atoms with Gasteiger partial charge >= 0.3 is 0 Å². The van der Waals surface area contributed by atoms with Crippen molar-refractivity contribution < 1.29 is 0 Å². The maximum Gasteiger partial charge on any atom is 0.198 e. The van der Waals surface area contributed by atoms with Gasteiger partial charge in [-0.15, -0.1) is 0 Å². The molecule has 1 aliphatic rings. The summed E-state index contributed by atoms with van der Waals surface area (Å²) in [5.41, 5.74) is 2.73. The number of guanidine groups is 1. The van der Waals surface area contributed by atoms with Crippen LogP contribution in [0.3, 0.4) is 0 Å². The zero-order valence-electron chi connectivity index (χ0n) is 13.6. The minimum atomic E-state index is 0.850. The van der Waals surface area contributed by atoms with Gasteiger partial charge in [0.25, 0.3) is 0 Å². The minimum Gasteiger partial charge on any atom is -0.356 e. The fraction of sp³-hybridized carbons (Fsp3) is 0.588. The Morgan fingerprint density at radius 2 is 2.00 bits per heavy atom. The van der Waals surface area contributed by atoms with Crippen molar-refractivity contribution in [1.82, 2.24) is 10.2 Å². The van der Waals surface area contributed by atoms with E-state index in [1.807, 2.05) is 0 Å². The second-order valence-corrected chi connectivity index (χ2v) is 5.29. The van der Waals surface area contributed by atoms with Crippen LogP contribution < -0.4 is 10.2 Å². The number of hydrogen-bond acceptors (Lipinski definition) is 2. The third-order valence-corrected chi connectivity index (χ3v) is 4.05. The molecule has 0 fully saturated rings. The Balaban J connectivity index is 2.05. The molecule has 0 bridgehead atoms. The fourth-order valence-electron chi connectivity index (χ4n) is 2.79. The van der Waals surface area contributed by atoms with Crippen molar-refractivity contribution in [1.29, 1.82) is 0 Å². The summed E-state index contributed by atoms with van der Waals surface area (Å²) >= 11 is 0. The lowest BCUT2D eigenvalue weighted by Crippen LogP contribution is -2.41. The van der Waals surface area contributed by atoms with E-state index >= 15 is 0 Å². The highest BCUT2D eigenvalue weighted by molar-refractivity contribution is 5.97. The van der Waals surface area contributed by atoms with Gasteiger partial charge in [-0.25, -0.2) is 0 Å². The highest BCUT2D eigenvalue weighted by atomic mass is 15.3. The number of anilines is 1. The molecule has 1 aliphatic heterocycles. The van der Waals surface area contributed by atoms with Gasteiger partial charge in [0.2, 0.25) is 0 Å². The topological polar surface area (TPSA) is 30.9 Å². The van der Waals surface area contributed by atoms with E-state index in [1.54, 1.807) is 0 Å². The molecule has 0 amide bonds. The number of likely N-dealkylation sites (N-methyl/N-ethyl adjacent to an activating group) is 1. The first-order valence-corrected chi connectivity index (χ1v) is 8.16. The van der Waals surface area contributed by atoms with Crippen LogP contribution in [0.1, 0.15) is 26.3 Å². The van der Waals surface area contributed by atoms with E-state index in [9.17, 15) is 0 Å². The van der Waals surface area contributed by atoms with Crippen molar-refractivity contribution >= 4 is 11.6 Å². The van der Waals surface area contributed by atoms with Crippen molar-refractivity contribution in [2.24, 2.45) is 4.99 Å². The van der Waals surface area contributed by atoms with E-state index < -0.39 is 0 Å². The Morgan fingerprint density at radius 1 is 1.24 bits per heavy atom. The summed E-state index contributed by atoms with van der Waals surface area (Å²) in [6, 6.07) is 8.64.